The smallest absolute Gasteiger partial charge is 0.269 e. The number of aromatic nitrogens is 1. The second-order valence-corrected chi connectivity index (χ2v) is 7.01. The number of nitriles is 1. The zero-order valence-electron chi connectivity index (χ0n) is 16.1. The zero-order chi connectivity index (χ0) is 21.1. The van der Waals surface area contributed by atoms with E-state index in [0.717, 1.165) is 22.2 Å². The normalized spacial score (nSPS) is 14.6. The van der Waals surface area contributed by atoms with E-state index in [1.807, 2.05) is 30.3 Å². The summed E-state index contributed by atoms with van der Waals surface area (Å²) in [7, 11) is 0. The lowest BCUT2D eigenvalue weighted by Gasteiger charge is -2.36. The van der Waals surface area contributed by atoms with Gasteiger partial charge in [-0.25, -0.2) is 0 Å². The van der Waals surface area contributed by atoms with Crippen molar-refractivity contribution in [2.45, 2.75) is 0 Å². The number of benzene rings is 2. The van der Waals surface area contributed by atoms with Crippen molar-refractivity contribution in [3.8, 4) is 6.07 Å². The molecule has 1 saturated heterocycles. The highest BCUT2D eigenvalue weighted by Gasteiger charge is 2.24. The summed E-state index contributed by atoms with van der Waals surface area (Å²) in [6.45, 7) is 2.14. The average molecular weight is 401 g/mol. The first-order chi connectivity index (χ1) is 14.6. The van der Waals surface area contributed by atoms with E-state index in [9.17, 15) is 20.2 Å². The second-order valence-electron chi connectivity index (χ2n) is 7.01. The molecule has 0 atom stereocenters. The minimum Gasteiger partial charge on any atom is -0.368 e. The van der Waals surface area contributed by atoms with Crippen LogP contribution in [0.25, 0.3) is 17.0 Å². The molecule has 1 aromatic heterocycles. The Kier molecular flexibility index (Phi) is 5.18. The third-order valence-electron chi connectivity index (χ3n) is 5.26. The lowest BCUT2D eigenvalue weighted by molar-refractivity contribution is -0.384. The number of aromatic amines is 1. The maximum Gasteiger partial charge on any atom is 0.269 e. The Morgan fingerprint density at radius 3 is 2.47 bits per heavy atom. The number of amides is 1. The van der Waals surface area contributed by atoms with Crippen LogP contribution in [0.15, 0.2) is 60.3 Å². The topological polar surface area (TPSA) is 106 Å². The van der Waals surface area contributed by atoms with Crippen molar-refractivity contribution in [1.82, 2.24) is 9.88 Å². The number of non-ortho nitro benzene ring substituents is 1. The van der Waals surface area contributed by atoms with Gasteiger partial charge in [0.05, 0.1) is 4.92 Å². The molecular weight excluding hydrogens is 382 g/mol. The van der Waals surface area contributed by atoms with Gasteiger partial charge < -0.3 is 14.8 Å². The van der Waals surface area contributed by atoms with Gasteiger partial charge in [-0.2, -0.15) is 5.26 Å². The van der Waals surface area contributed by atoms with Crippen molar-refractivity contribution in [2.24, 2.45) is 0 Å². The van der Waals surface area contributed by atoms with E-state index in [2.05, 4.69) is 9.88 Å². The number of nitrogens with zero attached hydrogens (tertiary/aromatic N) is 4. The van der Waals surface area contributed by atoms with Gasteiger partial charge in [0, 0.05) is 66.7 Å². The number of fused-ring (bicyclic) bond motifs is 1. The number of carbonyl (C=O) groups is 1. The molecule has 2 aromatic carbocycles. The minimum absolute atomic E-state index is 0.0497. The van der Waals surface area contributed by atoms with Crippen LogP contribution in [0.1, 0.15) is 5.56 Å². The van der Waals surface area contributed by atoms with E-state index < -0.39 is 4.92 Å². The number of nitro benzene ring substituents is 1. The van der Waals surface area contributed by atoms with Crippen LogP contribution in [0.3, 0.4) is 0 Å². The summed E-state index contributed by atoms with van der Waals surface area (Å²) >= 11 is 0. The van der Waals surface area contributed by atoms with Crippen molar-refractivity contribution >= 4 is 34.3 Å². The Morgan fingerprint density at radius 1 is 1.10 bits per heavy atom. The maximum absolute atomic E-state index is 12.9. The highest BCUT2D eigenvalue weighted by Crippen LogP contribution is 2.23. The molecule has 2 heterocycles. The molecule has 0 spiro atoms. The van der Waals surface area contributed by atoms with E-state index in [4.69, 9.17) is 0 Å². The van der Waals surface area contributed by atoms with Crippen molar-refractivity contribution in [2.75, 3.05) is 31.1 Å². The molecule has 150 valence electrons. The number of anilines is 1. The van der Waals surface area contributed by atoms with E-state index in [0.29, 0.717) is 26.2 Å². The van der Waals surface area contributed by atoms with Crippen LogP contribution in [0.5, 0.6) is 0 Å². The van der Waals surface area contributed by atoms with E-state index in [1.54, 1.807) is 29.3 Å². The average Bonchev–Trinajstić information content (AvgIpc) is 3.20. The Balaban J connectivity index is 1.45. The molecule has 0 aliphatic carbocycles. The molecule has 4 rings (SSSR count). The molecule has 8 heteroatoms. The standard InChI is InChI=1S/C22H19N5O3/c23-14-16(13-17-15-24-21-4-2-1-3-20(17)21)22(28)26-11-9-25(10-12-26)18-5-7-19(8-6-18)27(29)30/h1-8,13,15,24H,9-12H2/b16-13+. The highest BCUT2D eigenvalue weighted by molar-refractivity contribution is 6.04. The summed E-state index contributed by atoms with van der Waals surface area (Å²) in [5.41, 5.74) is 2.78. The number of hydrogen-bond donors (Lipinski definition) is 1. The van der Waals surface area contributed by atoms with E-state index in [1.165, 1.54) is 12.1 Å². The van der Waals surface area contributed by atoms with Crippen LogP contribution >= 0.6 is 0 Å². The summed E-state index contributed by atoms with van der Waals surface area (Å²) in [6, 6.07) is 16.2. The minimum atomic E-state index is -0.427. The summed E-state index contributed by atoms with van der Waals surface area (Å²) in [4.78, 5) is 30.1. The van der Waals surface area contributed by atoms with E-state index in [-0.39, 0.29) is 17.2 Å². The van der Waals surface area contributed by atoms with Crippen LogP contribution in [0.4, 0.5) is 11.4 Å². The van der Waals surface area contributed by atoms with Gasteiger partial charge in [-0.1, -0.05) is 18.2 Å². The van der Waals surface area contributed by atoms with E-state index >= 15 is 0 Å². The van der Waals surface area contributed by atoms with Gasteiger partial charge in [0.15, 0.2) is 0 Å². The molecule has 1 fully saturated rings. The fraction of sp³-hybridized carbons (Fsp3) is 0.182. The van der Waals surface area contributed by atoms with Crippen LogP contribution in [-0.2, 0) is 4.79 Å². The fourth-order valence-corrected chi connectivity index (χ4v) is 3.63. The van der Waals surface area contributed by atoms with Crippen LogP contribution < -0.4 is 4.90 Å². The molecule has 1 aliphatic rings. The Labute approximate surface area is 172 Å². The van der Waals surface area contributed by atoms with Gasteiger partial charge in [-0.3, -0.25) is 14.9 Å². The second kappa shape index (κ2) is 8.09. The number of carbonyl (C=O) groups excluding carboxylic acids is 1. The monoisotopic (exact) mass is 401 g/mol. The van der Waals surface area contributed by atoms with Gasteiger partial charge in [0.2, 0.25) is 0 Å². The highest BCUT2D eigenvalue weighted by atomic mass is 16.6. The van der Waals surface area contributed by atoms with Crippen molar-refractivity contribution in [3.05, 3.63) is 76.0 Å². The molecule has 8 nitrogen and oxygen atoms in total. The molecule has 0 unspecified atom stereocenters. The Morgan fingerprint density at radius 2 is 1.80 bits per heavy atom. The molecule has 0 saturated carbocycles. The number of nitrogens with one attached hydrogen (secondary N) is 1. The fourth-order valence-electron chi connectivity index (χ4n) is 3.63. The zero-order valence-corrected chi connectivity index (χ0v) is 16.1. The number of nitro groups is 1. The van der Waals surface area contributed by atoms with Crippen molar-refractivity contribution in [1.29, 1.82) is 5.26 Å². The van der Waals surface area contributed by atoms with Gasteiger partial charge in [-0.15, -0.1) is 0 Å². The largest absolute Gasteiger partial charge is 0.368 e. The van der Waals surface area contributed by atoms with Crippen LogP contribution in [0.2, 0.25) is 0 Å². The molecule has 1 amide bonds. The van der Waals surface area contributed by atoms with Crippen LogP contribution in [0, 0.1) is 21.4 Å². The number of piperazine rings is 1. The summed E-state index contributed by atoms with van der Waals surface area (Å²) in [6.07, 6.45) is 3.42. The van der Waals surface area contributed by atoms with Gasteiger partial charge in [-0.05, 0) is 24.3 Å². The molecule has 0 bridgehead atoms. The number of rotatable bonds is 4. The SMILES string of the molecule is N#C/C(=C\c1c[nH]c2ccccc12)C(=O)N1CCN(c2ccc([N+](=O)[O-])cc2)CC1. The van der Waals surface area contributed by atoms with Crippen molar-refractivity contribution in [3.63, 3.8) is 0 Å². The van der Waals surface area contributed by atoms with Gasteiger partial charge >= 0.3 is 0 Å². The molecule has 30 heavy (non-hydrogen) atoms. The maximum atomic E-state index is 12.9. The van der Waals surface area contributed by atoms with Crippen LogP contribution in [-0.4, -0.2) is 46.9 Å². The Hall–Kier alpha value is -4.12. The third kappa shape index (κ3) is 3.73. The molecular formula is C22H19N5O3. The third-order valence-corrected chi connectivity index (χ3v) is 5.26. The molecule has 1 N–H and O–H groups in total. The Bertz CT molecular complexity index is 1170. The lowest BCUT2D eigenvalue weighted by atomic mass is 10.1. The quantitative estimate of drug-likeness (QED) is 0.312. The first kappa shape index (κ1) is 19.2. The molecule has 3 aromatic rings. The first-order valence-electron chi connectivity index (χ1n) is 9.53. The predicted octanol–water partition coefficient (Wildman–Crippen LogP) is 3.33. The predicted molar refractivity (Wildman–Crippen MR) is 114 cm³/mol. The summed E-state index contributed by atoms with van der Waals surface area (Å²) < 4.78 is 0. The molecule has 0 radical (unpaired) electrons. The van der Waals surface area contributed by atoms with Gasteiger partial charge in [0.25, 0.3) is 11.6 Å². The number of hydrogen-bond acceptors (Lipinski definition) is 5. The number of H-pyrrole nitrogens is 1. The summed E-state index contributed by atoms with van der Waals surface area (Å²) in [5, 5.41) is 21.3. The molecule has 1 aliphatic heterocycles. The lowest BCUT2D eigenvalue weighted by Crippen LogP contribution is -2.49. The first-order valence-corrected chi connectivity index (χ1v) is 9.53. The number of para-hydroxylation sites is 1. The van der Waals surface area contributed by atoms with Gasteiger partial charge in [0.1, 0.15) is 11.6 Å². The summed E-state index contributed by atoms with van der Waals surface area (Å²) in [5.74, 6) is -0.286. The van der Waals surface area contributed by atoms with Crippen molar-refractivity contribution < 1.29 is 9.72 Å².